The summed E-state index contributed by atoms with van der Waals surface area (Å²) < 4.78 is 5.09. The molecule has 1 atom stereocenters. The molecule has 0 unspecified atom stereocenters. The van der Waals surface area contributed by atoms with E-state index in [1.807, 2.05) is 11.0 Å². The largest absolute Gasteiger partial charge is 0.339 e. The topological polar surface area (TPSA) is 62.5 Å². The quantitative estimate of drug-likeness (QED) is 0.807. The van der Waals surface area contributed by atoms with E-state index >= 15 is 0 Å². The van der Waals surface area contributed by atoms with E-state index in [9.17, 15) is 4.79 Å². The number of hydrogen-bond acceptors (Lipinski definition) is 5. The van der Waals surface area contributed by atoms with Crippen LogP contribution in [0.1, 0.15) is 37.0 Å². The normalized spacial score (nSPS) is 18.5. The van der Waals surface area contributed by atoms with Gasteiger partial charge in [-0.15, -0.1) is 0 Å². The van der Waals surface area contributed by atoms with E-state index in [-0.39, 0.29) is 11.9 Å². The van der Waals surface area contributed by atoms with Gasteiger partial charge in [0.1, 0.15) is 0 Å². The van der Waals surface area contributed by atoms with Crippen LogP contribution in [-0.4, -0.2) is 51.5 Å². The third kappa shape index (κ3) is 4.89. The summed E-state index contributed by atoms with van der Waals surface area (Å²) >= 11 is 0. The van der Waals surface area contributed by atoms with Crippen molar-refractivity contribution in [2.75, 3.05) is 19.6 Å². The highest BCUT2D eigenvalue weighted by Gasteiger charge is 2.27. The number of rotatable bonds is 6. The van der Waals surface area contributed by atoms with Crippen molar-refractivity contribution in [3.8, 4) is 0 Å². The molecule has 0 saturated carbocycles. The monoisotopic (exact) mass is 342 g/mol. The summed E-state index contributed by atoms with van der Waals surface area (Å²) in [6.07, 6.45) is 1.94. The van der Waals surface area contributed by atoms with Gasteiger partial charge in [-0.05, 0) is 25.8 Å². The first-order chi connectivity index (χ1) is 12.1. The van der Waals surface area contributed by atoms with E-state index in [0.717, 1.165) is 32.6 Å². The van der Waals surface area contributed by atoms with Gasteiger partial charge in [0.15, 0.2) is 5.82 Å². The molecule has 2 aromatic rings. The molecule has 1 saturated heterocycles. The van der Waals surface area contributed by atoms with Crippen LogP contribution in [0.4, 0.5) is 0 Å². The Balaban J connectivity index is 1.43. The highest BCUT2D eigenvalue weighted by Crippen LogP contribution is 2.15. The first kappa shape index (κ1) is 17.6. The second kappa shape index (κ2) is 8.25. The van der Waals surface area contributed by atoms with Gasteiger partial charge in [-0.2, -0.15) is 4.98 Å². The Morgan fingerprint density at radius 3 is 2.76 bits per heavy atom. The molecule has 6 heteroatoms. The van der Waals surface area contributed by atoms with Gasteiger partial charge in [-0.3, -0.25) is 9.69 Å². The Bertz CT molecular complexity index is 686. The Hall–Kier alpha value is -2.21. The molecule has 2 heterocycles. The predicted molar refractivity (Wildman–Crippen MR) is 94.9 cm³/mol. The number of aryl methyl sites for hydroxylation is 2. The van der Waals surface area contributed by atoms with Crippen molar-refractivity contribution in [1.82, 2.24) is 19.9 Å². The highest BCUT2D eigenvalue weighted by atomic mass is 16.5. The van der Waals surface area contributed by atoms with E-state index in [1.54, 1.807) is 6.92 Å². The zero-order chi connectivity index (χ0) is 17.6. The lowest BCUT2D eigenvalue weighted by Crippen LogP contribution is -2.53. The van der Waals surface area contributed by atoms with E-state index in [4.69, 9.17) is 4.52 Å². The molecule has 1 amide bonds. The molecule has 0 aliphatic carbocycles. The van der Waals surface area contributed by atoms with Gasteiger partial charge in [-0.1, -0.05) is 35.5 Å². The number of carbonyl (C=O) groups excluding carboxylic acids is 1. The molecule has 1 fully saturated rings. The van der Waals surface area contributed by atoms with Crippen LogP contribution in [0, 0.1) is 6.92 Å². The van der Waals surface area contributed by atoms with Crippen LogP contribution in [-0.2, 0) is 17.8 Å². The lowest BCUT2D eigenvalue weighted by molar-refractivity contribution is -0.135. The fraction of sp³-hybridized carbons (Fsp3) is 0.526. The molecule has 1 aliphatic rings. The molecule has 0 bridgehead atoms. The summed E-state index contributed by atoms with van der Waals surface area (Å²) in [6.45, 7) is 7.53. The predicted octanol–water partition coefficient (Wildman–Crippen LogP) is 2.43. The van der Waals surface area contributed by atoms with Crippen molar-refractivity contribution in [2.24, 2.45) is 0 Å². The zero-order valence-electron chi connectivity index (χ0n) is 15.0. The first-order valence-corrected chi connectivity index (χ1v) is 8.97. The van der Waals surface area contributed by atoms with Gasteiger partial charge < -0.3 is 9.42 Å². The number of hydrogen-bond donors (Lipinski definition) is 0. The first-order valence-electron chi connectivity index (χ1n) is 8.97. The Morgan fingerprint density at radius 2 is 2.08 bits per heavy atom. The average Bonchev–Trinajstić information content (AvgIpc) is 3.01. The molecule has 3 rings (SSSR count). The molecule has 134 valence electrons. The van der Waals surface area contributed by atoms with Gasteiger partial charge in [0.25, 0.3) is 0 Å². The molecule has 1 aromatic heterocycles. The molecule has 1 aromatic carbocycles. The number of aromatic nitrogens is 2. The van der Waals surface area contributed by atoms with Crippen molar-refractivity contribution in [1.29, 1.82) is 0 Å². The van der Waals surface area contributed by atoms with Crippen LogP contribution in [0.5, 0.6) is 0 Å². The van der Waals surface area contributed by atoms with Crippen LogP contribution >= 0.6 is 0 Å². The van der Waals surface area contributed by atoms with E-state index < -0.39 is 0 Å². The minimum atomic E-state index is 0.225. The van der Waals surface area contributed by atoms with E-state index in [2.05, 4.69) is 46.2 Å². The minimum Gasteiger partial charge on any atom is -0.339 e. The lowest BCUT2D eigenvalue weighted by Gasteiger charge is -2.40. The third-order valence-corrected chi connectivity index (χ3v) is 4.63. The fourth-order valence-corrected chi connectivity index (χ4v) is 3.36. The second-order valence-electron chi connectivity index (χ2n) is 6.75. The van der Waals surface area contributed by atoms with E-state index in [1.165, 1.54) is 5.56 Å². The van der Waals surface area contributed by atoms with Crippen molar-refractivity contribution in [3.63, 3.8) is 0 Å². The van der Waals surface area contributed by atoms with Gasteiger partial charge in [-0.25, -0.2) is 0 Å². The highest BCUT2D eigenvalue weighted by molar-refractivity contribution is 5.76. The molecule has 6 nitrogen and oxygen atoms in total. The number of carbonyl (C=O) groups is 1. The van der Waals surface area contributed by atoms with E-state index in [0.29, 0.717) is 24.6 Å². The molecule has 0 radical (unpaired) electrons. The molecule has 1 aliphatic heterocycles. The fourth-order valence-electron chi connectivity index (χ4n) is 3.36. The minimum absolute atomic E-state index is 0.225. The molecule has 25 heavy (non-hydrogen) atoms. The number of piperazine rings is 1. The van der Waals surface area contributed by atoms with Crippen molar-refractivity contribution >= 4 is 5.91 Å². The van der Waals surface area contributed by atoms with Crippen LogP contribution < -0.4 is 0 Å². The number of amides is 1. The third-order valence-electron chi connectivity index (χ3n) is 4.63. The van der Waals surface area contributed by atoms with Crippen LogP contribution in [0.2, 0.25) is 0 Å². The maximum Gasteiger partial charge on any atom is 0.226 e. The second-order valence-corrected chi connectivity index (χ2v) is 6.75. The van der Waals surface area contributed by atoms with Gasteiger partial charge in [0, 0.05) is 45.1 Å². The summed E-state index contributed by atoms with van der Waals surface area (Å²) in [5, 5.41) is 3.77. The van der Waals surface area contributed by atoms with Crippen LogP contribution in [0.15, 0.2) is 34.9 Å². The van der Waals surface area contributed by atoms with Crippen molar-refractivity contribution in [2.45, 2.75) is 45.7 Å². The summed E-state index contributed by atoms with van der Waals surface area (Å²) in [5.74, 6) is 1.48. The molecule has 0 N–H and O–H groups in total. The SMILES string of the molecule is Cc1noc(CCCC(=O)N2CCN(Cc3ccccc3)C[C@H]2C)n1. The van der Waals surface area contributed by atoms with Crippen LogP contribution in [0.3, 0.4) is 0 Å². The Kier molecular flexibility index (Phi) is 5.81. The van der Waals surface area contributed by atoms with Gasteiger partial charge >= 0.3 is 0 Å². The standard InChI is InChI=1S/C19H26N4O2/c1-15-13-22(14-17-7-4-3-5-8-17)11-12-23(15)19(24)10-6-9-18-20-16(2)21-25-18/h3-5,7-8,15H,6,9-14H2,1-2H3/t15-/m1/s1. The molecular formula is C19H26N4O2. The molecular weight excluding hydrogens is 316 g/mol. The Labute approximate surface area is 148 Å². The maximum absolute atomic E-state index is 12.5. The maximum atomic E-state index is 12.5. The lowest BCUT2D eigenvalue weighted by atomic mass is 10.1. The summed E-state index contributed by atoms with van der Waals surface area (Å²) in [6, 6.07) is 10.7. The van der Waals surface area contributed by atoms with Gasteiger partial charge in [0.05, 0.1) is 0 Å². The Morgan fingerprint density at radius 1 is 1.28 bits per heavy atom. The van der Waals surface area contributed by atoms with Crippen molar-refractivity contribution in [3.05, 3.63) is 47.6 Å². The summed E-state index contributed by atoms with van der Waals surface area (Å²) in [4.78, 5) is 21.1. The van der Waals surface area contributed by atoms with Crippen molar-refractivity contribution < 1.29 is 9.32 Å². The smallest absolute Gasteiger partial charge is 0.226 e. The average molecular weight is 342 g/mol. The van der Waals surface area contributed by atoms with Crippen LogP contribution in [0.25, 0.3) is 0 Å². The summed E-state index contributed by atoms with van der Waals surface area (Å²) in [7, 11) is 0. The summed E-state index contributed by atoms with van der Waals surface area (Å²) in [5.41, 5.74) is 1.32. The number of nitrogens with zero attached hydrogens (tertiary/aromatic N) is 4. The zero-order valence-corrected chi connectivity index (χ0v) is 15.0. The number of benzene rings is 1. The van der Waals surface area contributed by atoms with Gasteiger partial charge in [0.2, 0.25) is 11.8 Å². The molecule has 0 spiro atoms.